The third-order valence-electron chi connectivity index (χ3n) is 2.77. The second-order valence-electron chi connectivity index (χ2n) is 4.15. The Morgan fingerprint density at radius 1 is 1.11 bits per heavy atom. The third-order valence-corrected chi connectivity index (χ3v) is 2.77. The van der Waals surface area contributed by atoms with Crippen LogP contribution in [0.4, 0.5) is 5.82 Å². The monoisotopic (exact) mass is 248 g/mol. The minimum absolute atomic E-state index is 0.0359. The first kappa shape index (κ1) is 12.6. The second-order valence-corrected chi connectivity index (χ2v) is 4.15. The van der Waals surface area contributed by atoms with Gasteiger partial charge in [-0.1, -0.05) is 12.1 Å². The van der Waals surface area contributed by atoms with Gasteiger partial charge in [-0.2, -0.15) is 10.5 Å². The van der Waals surface area contributed by atoms with Gasteiger partial charge in [0, 0.05) is 12.2 Å². The molecule has 0 bridgehead atoms. The molecule has 0 fully saturated rings. The highest BCUT2D eigenvalue weighted by molar-refractivity contribution is 5.42. The zero-order valence-corrected chi connectivity index (χ0v) is 10.5. The van der Waals surface area contributed by atoms with Gasteiger partial charge in [-0.3, -0.25) is 0 Å². The molecule has 0 aliphatic carbocycles. The number of nitriles is 2. The van der Waals surface area contributed by atoms with Gasteiger partial charge in [0.1, 0.15) is 11.9 Å². The number of pyridine rings is 1. The van der Waals surface area contributed by atoms with E-state index >= 15 is 0 Å². The SMILES string of the molecule is CC(Nc1ccc(C#N)cn1)c1cccc(C#N)c1. The van der Waals surface area contributed by atoms with E-state index in [9.17, 15) is 0 Å². The summed E-state index contributed by atoms with van der Waals surface area (Å²) >= 11 is 0. The van der Waals surface area contributed by atoms with E-state index in [1.165, 1.54) is 6.20 Å². The average molecular weight is 248 g/mol. The van der Waals surface area contributed by atoms with Gasteiger partial charge < -0.3 is 5.32 Å². The van der Waals surface area contributed by atoms with Crippen LogP contribution < -0.4 is 5.32 Å². The van der Waals surface area contributed by atoms with Crippen molar-refractivity contribution in [2.24, 2.45) is 0 Å². The number of benzene rings is 1. The molecular formula is C15H12N4. The second kappa shape index (κ2) is 5.66. The van der Waals surface area contributed by atoms with Crippen LogP contribution in [0.2, 0.25) is 0 Å². The topological polar surface area (TPSA) is 72.5 Å². The van der Waals surface area contributed by atoms with E-state index in [0.717, 1.165) is 5.56 Å². The van der Waals surface area contributed by atoms with E-state index in [2.05, 4.69) is 16.4 Å². The molecule has 0 aliphatic rings. The summed E-state index contributed by atoms with van der Waals surface area (Å²) in [7, 11) is 0. The molecule has 0 aliphatic heterocycles. The third kappa shape index (κ3) is 3.08. The minimum Gasteiger partial charge on any atom is -0.364 e. The quantitative estimate of drug-likeness (QED) is 0.906. The lowest BCUT2D eigenvalue weighted by molar-refractivity contribution is 0.874. The summed E-state index contributed by atoms with van der Waals surface area (Å²) in [6, 6.07) is 15.1. The fourth-order valence-electron chi connectivity index (χ4n) is 1.73. The van der Waals surface area contributed by atoms with Gasteiger partial charge in [0.2, 0.25) is 0 Å². The number of nitrogens with zero attached hydrogens (tertiary/aromatic N) is 3. The van der Waals surface area contributed by atoms with E-state index < -0.39 is 0 Å². The number of nitrogens with one attached hydrogen (secondary N) is 1. The molecule has 1 aromatic carbocycles. The Balaban J connectivity index is 2.14. The fourth-order valence-corrected chi connectivity index (χ4v) is 1.73. The molecule has 19 heavy (non-hydrogen) atoms. The van der Waals surface area contributed by atoms with Crippen LogP contribution in [-0.4, -0.2) is 4.98 Å². The molecule has 0 amide bonds. The van der Waals surface area contributed by atoms with Crippen LogP contribution in [0, 0.1) is 22.7 Å². The van der Waals surface area contributed by atoms with Gasteiger partial charge in [-0.15, -0.1) is 0 Å². The Kier molecular flexibility index (Phi) is 3.75. The van der Waals surface area contributed by atoms with E-state index in [1.807, 2.05) is 31.2 Å². The van der Waals surface area contributed by atoms with Crippen molar-refractivity contribution in [3.63, 3.8) is 0 Å². The van der Waals surface area contributed by atoms with Gasteiger partial charge in [0.15, 0.2) is 0 Å². The maximum atomic E-state index is 8.88. The number of anilines is 1. The van der Waals surface area contributed by atoms with Crippen molar-refractivity contribution in [3.8, 4) is 12.1 Å². The van der Waals surface area contributed by atoms with Crippen molar-refractivity contribution in [1.29, 1.82) is 10.5 Å². The van der Waals surface area contributed by atoms with Crippen LogP contribution in [-0.2, 0) is 0 Å². The highest BCUT2D eigenvalue weighted by Crippen LogP contribution is 2.18. The predicted octanol–water partition coefficient (Wildman–Crippen LogP) is 3.00. The Bertz CT molecular complexity index is 647. The van der Waals surface area contributed by atoms with Crippen molar-refractivity contribution >= 4 is 5.82 Å². The van der Waals surface area contributed by atoms with E-state index in [1.54, 1.807) is 18.2 Å². The van der Waals surface area contributed by atoms with E-state index in [0.29, 0.717) is 16.9 Å². The zero-order chi connectivity index (χ0) is 13.7. The Labute approximate surface area is 112 Å². The van der Waals surface area contributed by atoms with Crippen LogP contribution >= 0.6 is 0 Å². The van der Waals surface area contributed by atoms with E-state index in [-0.39, 0.29) is 6.04 Å². The number of aromatic nitrogens is 1. The summed E-state index contributed by atoms with van der Waals surface area (Å²) in [5.74, 6) is 0.703. The molecule has 0 spiro atoms. The van der Waals surface area contributed by atoms with Crippen LogP contribution in [0.1, 0.15) is 29.7 Å². The fraction of sp³-hybridized carbons (Fsp3) is 0.133. The molecule has 0 saturated heterocycles. The number of hydrogen-bond acceptors (Lipinski definition) is 4. The van der Waals surface area contributed by atoms with Crippen molar-refractivity contribution in [1.82, 2.24) is 4.98 Å². The van der Waals surface area contributed by atoms with Crippen LogP contribution in [0.15, 0.2) is 42.6 Å². The van der Waals surface area contributed by atoms with Crippen LogP contribution in [0.5, 0.6) is 0 Å². The smallest absolute Gasteiger partial charge is 0.126 e. The summed E-state index contributed by atoms with van der Waals surface area (Å²) in [6.07, 6.45) is 1.53. The standard InChI is InChI=1S/C15H12N4/c1-11(14-4-2-3-12(7-14)8-16)19-15-6-5-13(9-17)10-18-15/h2-7,10-11H,1H3,(H,18,19). The molecule has 0 radical (unpaired) electrons. The van der Waals surface area contributed by atoms with Crippen LogP contribution in [0.3, 0.4) is 0 Å². The summed E-state index contributed by atoms with van der Waals surface area (Å²) in [6.45, 7) is 2.00. The molecule has 1 unspecified atom stereocenters. The highest BCUT2D eigenvalue weighted by Gasteiger charge is 2.06. The summed E-state index contributed by atoms with van der Waals surface area (Å²) in [5, 5.41) is 20.8. The molecule has 1 heterocycles. The molecule has 2 rings (SSSR count). The number of rotatable bonds is 3. The minimum atomic E-state index is 0.0359. The lowest BCUT2D eigenvalue weighted by Crippen LogP contribution is -2.08. The summed E-state index contributed by atoms with van der Waals surface area (Å²) in [5.41, 5.74) is 2.19. The van der Waals surface area contributed by atoms with E-state index in [4.69, 9.17) is 10.5 Å². The van der Waals surface area contributed by atoms with Gasteiger partial charge >= 0.3 is 0 Å². The van der Waals surface area contributed by atoms with Gasteiger partial charge in [-0.05, 0) is 36.8 Å². The van der Waals surface area contributed by atoms with Gasteiger partial charge in [0.05, 0.1) is 17.2 Å². The van der Waals surface area contributed by atoms with Crippen molar-refractivity contribution < 1.29 is 0 Å². The van der Waals surface area contributed by atoms with Gasteiger partial charge in [-0.25, -0.2) is 4.98 Å². The highest BCUT2D eigenvalue weighted by atomic mass is 15.0. The first-order chi connectivity index (χ1) is 9.22. The lowest BCUT2D eigenvalue weighted by atomic mass is 10.1. The average Bonchev–Trinajstić information content (AvgIpc) is 2.48. The van der Waals surface area contributed by atoms with Crippen molar-refractivity contribution in [2.75, 3.05) is 5.32 Å². The molecule has 1 atom stereocenters. The molecule has 1 aromatic heterocycles. The van der Waals surface area contributed by atoms with Crippen molar-refractivity contribution in [3.05, 3.63) is 59.3 Å². The Morgan fingerprint density at radius 3 is 2.53 bits per heavy atom. The maximum absolute atomic E-state index is 8.88. The largest absolute Gasteiger partial charge is 0.364 e. The number of hydrogen-bond donors (Lipinski definition) is 1. The lowest BCUT2D eigenvalue weighted by Gasteiger charge is -2.15. The van der Waals surface area contributed by atoms with Gasteiger partial charge in [0.25, 0.3) is 0 Å². The molecule has 2 aromatic rings. The first-order valence-corrected chi connectivity index (χ1v) is 5.85. The molecule has 92 valence electrons. The zero-order valence-electron chi connectivity index (χ0n) is 10.5. The van der Waals surface area contributed by atoms with Crippen LogP contribution in [0.25, 0.3) is 0 Å². The molecular weight excluding hydrogens is 236 g/mol. The molecule has 4 nitrogen and oxygen atoms in total. The Hall–Kier alpha value is -2.85. The Morgan fingerprint density at radius 2 is 1.89 bits per heavy atom. The first-order valence-electron chi connectivity index (χ1n) is 5.85. The molecule has 0 saturated carbocycles. The van der Waals surface area contributed by atoms with Crippen molar-refractivity contribution in [2.45, 2.75) is 13.0 Å². The normalized spacial score (nSPS) is 11.1. The maximum Gasteiger partial charge on any atom is 0.126 e. The molecule has 4 heteroatoms. The molecule has 1 N–H and O–H groups in total. The summed E-state index contributed by atoms with van der Waals surface area (Å²) in [4.78, 5) is 4.16. The summed E-state index contributed by atoms with van der Waals surface area (Å²) < 4.78 is 0. The predicted molar refractivity (Wildman–Crippen MR) is 72.1 cm³/mol.